The van der Waals surface area contributed by atoms with E-state index >= 15 is 0 Å². The minimum absolute atomic E-state index is 0.0223. The van der Waals surface area contributed by atoms with Gasteiger partial charge in [-0.25, -0.2) is 13.6 Å². The lowest BCUT2D eigenvalue weighted by Gasteiger charge is -2.11. The third-order valence-corrected chi connectivity index (χ3v) is 3.74. The maximum absolute atomic E-state index is 13.9. The molecule has 1 aliphatic rings. The van der Waals surface area contributed by atoms with Crippen molar-refractivity contribution in [1.82, 2.24) is 0 Å². The maximum atomic E-state index is 13.9. The van der Waals surface area contributed by atoms with Gasteiger partial charge in [0, 0.05) is 12.0 Å². The Hall–Kier alpha value is -1.48. The average Bonchev–Trinajstić information content (AvgIpc) is 2.96. The second kappa shape index (κ2) is 4.32. The Morgan fingerprint density at radius 3 is 2.72 bits per heavy atom. The predicted octanol–water partition coefficient (Wildman–Crippen LogP) is 3.08. The minimum Gasteiger partial charge on any atom is -0.478 e. The van der Waals surface area contributed by atoms with Crippen LogP contribution in [0.2, 0.25) is 0 Å². The van der Waals surface area contributed by atoms with Crippen molar-refractivity contribution in [3.8, 4) is 6.07 Å². The third-order valence-electron chi connectivity index (χ3n) is 3.12. The molecule has 0 aromatic heterocycles. The molecule has 1 aliphatic carbocycles. The largest absolute Gasteiger partial charge is 0.478 e. The van der Waals surface area contributed by atoms with Crippen molar-refractivity contribution >= 4 is 21.9 Å². The number of carbonyl (C=O) groups is 1. The number of rotatable bonds is 3. The average molecular weight is 316 g/mol. The van der Waals surface area contributed by atoms with Gasteiger partial charge in [-0.05, 0) is 34.5 Å². The van der Waals surface area contributed by atoms with E-state index in [0.29, 0.717) is 0 Å². The number of alkyl halides is 1. The SMILES string of the molecule is N#C[C@]1(Cc2c(C(=O)O)ccc(Br)c2F)C[C@H]1F. The van der Waals surface area contributed by atoms with Crippen molar-refractivity contribution < 1.29 is 18.7 Å². The molecule has 1 aromatic rings. The molecule has 0 amide bonds. The van der Waals surface area contributed by atoms with E-state index in [4.69, 9.17) is 10.4 Å². The molecule has 0 saturated heterocycles. The van der Waals surface area contributed by atoms with Crippen LogP contribution in [0, 0.1) is 22.6 Å². The molecule has 2 atom stereocenters. The molecule has 0 bridgehead atoms. The fourth-order valence-corrected chi connectivity index (χ4v) is 2.25. The van der Waals surface area contributed by atoms with Crippen LogP contribution in [0.5, 0.6) is 0 Å². The molecule has 6 heteroatoms. The predicted molar refractivity (Wildman–Crippen MR) is 62.3 cm³/mol. The van der Waals surface area contributed by atoms with Gasteiger partial charge in [-0.3, -0.25) is 0 Å². The standard InChI is InChI=1S/C12H8BrF2NO2/c13-8-2-1-6(11(17)18)7(10(8)15)3-12(5-16)4-9(12)14/h1-2,9H,3-4H2,(H,17,18)/t9-,12+/m1/s1. The summed E-state index contributed by atoms with van der Waals surface area (Å²) in [6.07, 6.45) is -1.52. The van der Waals surface area contributed by atoms with Gasteiger partial charge in [-0.1, -0.05) is 0 Å². The number of benzene rings is 1. The van der Waals surface area contributed by atoms with E-state index in [1.807, 2.05) is 6.07 Å². The number of halogens is 3. The van der Waals surface area contributed by atoms with E-state index in [1.165, 1.54) is 12.1 Å². The molecule has 3 nitrogen and oxygen atoms in total. The van der Waals surface area contributed by atoms with Gasteiger partial charge < -0.3 is 5.11 Å². The summed E-state index contributed by atoms with van der Waals surface area (Å²) in [6.45, 7) is 0. The van der Waals surface area contributed by atoms with Crippen LogP contribution in [-0.2, 0) is 6.42 Å². The highest BCUT2D eigenvalue weighted by Gasteiger charge is 2.56. The van der Waals surface area contributed by atoms with E-state index in [2.05, 4.69) is 15.9 Å². The Balaban J connectivity index is 2.47. The molecule has 94 valence electrons. The summed E-state index contributed by atoms with van der Waals surface area (Å²) in [7, 11) is 0. The molecule has 0 aliphatic heterocycles. The fraction of sp³-hybridized carbons (Fsp3) is 0.333. The zero-order valence-electron chi connectivity index (χ0n) is 9.08. The Bertz CT molecular complexity index is 570. The van der Waals surface area contributed by atoms with Crippen LogP contribution in [0.4, 0.5) is 8.78 Å². The molecule has 0 spiro atoms. The van der Waals surface area contributed by atoms with Crippen LogP contribution in [0.25, 0.3) is 0 Å². The molecule has 0 radical (unpaired) electrons. The van der Waals surface area contributed by atoms with Crippen molar-refractivity contribution in [2.45, 2.75) is 19.0 Å². The van der Waals surface area contributed by atoms with Gasteiger partial charge in [-0.2, -0.15) is 5.26 Å². The van der Waals surface area contributed by atoms with Crippen molar-refractivity contribution in [3.05, 3.63) is 33.5 Å². The molecule has 18 heavy (non-hydrogen) atoms. The van der Waals surface area contributed by atoms with Gasteiger partial charge in [0.1, 0.15) is 12.0 Å². The number of nitrogens with zero attached hydrogens (tertiary/aromatic N) is 1. The van der Waals surface area contributed by atoms with Crippen LogP contribution in [-0.4, -0.2) is 17.2 Å². The summed E-state index contributed by atoms with van der Waals surface area (Å²) in [5.41, 5.74) is -1.63. The van der Waals surface area contributed by atoms with Crippen molar-refractivity contribution in [2.24, 2.45) is 5.41 Å². The lowest BCUT2D eigenvalue weighted by atomic mass is 9.93. The first-order valence-corrected chi connectivity index (χ1v) is 5.96. The number of hydrogen-bond acceptors (Lipinski definition) is 2. The summed E-state index contributed by atoms with van der Waals surface area (Å²) < 4.78 is 27.2. The highest BCUT2D eigenvalue weighted by atomic mass is 79.9. The number of aromatic carboxylic acids is 1. The van der Waals surface area contributed by atoms with E-state index in [-0.39, 0.29) is 28.4 Å². The maximum Gasteiger partial charge on any atom is 0.336 e. The molecule has 2 rings (SSSR count). The molecular formula is C12H8BrF2NO2. The Morgan fingerprint density at radius 1 is 1.67 bits per heavy atom. The van der Waals surface area contributed by atoms with E-state index < -0.39 is 23.4 Å². The Labute approximate surface area is 110 Å². The second-order valence-electron chi connectivity index (χ2n) is 4.31. The topological polar surface area (TPSA) is 61.1 Å². The smallest absolute Gasteiger partial charge is 0.336 e. The molecule has 0 heterocycles. The molecule has 1 N–H and O–H groups in total. The van der Waals surface area contributed by atoms with Crippen molar-refractivity contribution in [2.75, 3.05) is 0 Å². The van der Waals surface area contributed by atoms with Crippen LogP contribution in [0.3, 0.4) is 0 Å². The fourth-order valence-electron chi connectivity index (χ4n) is 1.88. The first-order valence-electron chi connectivity index (χ1n) is 5.17. The minimum atomic E-state index is -1.32. The van der Waals surface area contributed by atoms with Gasteiger partial charge in [0.05, 0.1) is 21.5 Å². The summed E-state index contributed by atoms with van der Waals surface area (Å²) in [4.78, 5) is 11.0. The molecule has 0 unspecified atom stereocenters. The van der Waals surface area contributed by atoms with Crippen LogP contribution in [0.15, 0.2) is 16.6 Å². The second-order valence-corrected chi connectivity index (χ2v) is 5.16. The summed E-state index contributed by atoms with van der Waals surface area (Å²) in [6, 6.07) is 4.33. The number of nitriles is 1. The Morgan fingerprint density at radius 2 is 2.28 bits per heavy atom. The van der Waals surface area contributed by atoms with E-state index in [9.17, 15) is 13.6 Å². The van der Waals surface area contributed by atoms with Gasteiger partial charge >= 0.3 is 5.97 Å². The highest BCUT2D eigenvalue weighted by Crippen LogP contribution is 2.51. The van der Waals surface area contributed by atoms with E-state index in [0.717, 1.165) is 0 Å². The first-order chi connectivity index (χ1) is 8.41. The highest BCUT2D eigenvalue weighted by molar-refractivity contribution is 9.10. The van der Waals surface area contributed by atoms with Gasteiger partial charge in [0.25, 0.3) is 0 Å². The first kappa shape index (κ1) is 13.0. The summed E-state index contributed by atoms with van der Waals surface area (Å²) in [5.74, 6) is -2.04. The van der Waals surface area contributed by atoms with Gasteiger partial charge in [0.15, 0.2) is 0 Å². The van der Waals surface area contributed by atoms with Crippen molar-refractivity contribution in [1.29, 1.82) is 5.26 Å². The van der Waals surface area contributed by atoms with Gasteiger partial charge in [-0.15, -0.1) is 0 Å². The molecular weight excluding hydrogens is 308 g/mol. The van der Waals surface area contributed by atoms with Crippen molar-refractivity contribution in [3.63, 3.8) is 0 Å². The Kier molecular flexibility index (Phi) is 3.11. The monoisotopic (exact) mass is 315 g/mol. The van der Waals surface area contributed by atoms with Gasteiger partial charge in [0.2, 0.25) is 0 Å². The number of carboxylic acids is 1. The lowest BCUT2D eigenvalue weighted by molar-refractivity contribution is 0.0694. The number of carboxylic acid groups (broad SMARTS) is 1. The third kappa shape index (κ3) is 1.99. The lowest BCUT2D eigenvalue weighted by Crippen LogP contribution is -2.13. The normalized spacial score (nSPS) is 25.6. The van der Waals surface area contributed by atoms with E-state index in [1.54, 1.807) is 0 Å². The van der Waals surface area contributed by atoms with Crippen LogP contribution >= 0.6 is 15.9 Å². The molecule has 1 aromatic carbocycles. The zero-order chi connectivity index (χ0) is 13.5. The quantitative estimate of drug-likeness (QED) is 0.932. The summed E-state index contributed by atoms with van der Waals surface area (Å²) >= 11 is 2.95. The van der Waals surface area contributed by atoms with Crippen LogP contribution in [0.1, 0.15) is 22.3 Å². The molecule has 1 saturated carbocycles. The van der Waals surface area contributed by atoms with Crippen LogP contribution < -0.4 is 0 Å². The number of hydrogen-bond donors (Lipinski definition) is 1. The molecule has 1 fully saturated rings. The summed E-state index contributed by atoms with van der Waals surface area (Å²) in [5, 5.41) is 17.9. The zero-order valence-corrected chi connectivity index (χ0v) is 10.7.